The lowest BCUT2D eigenvalue weighted by molar-refractivity contribution is -0.137. The Bertz CT molecular complexity index is 1560. The molecule has 0 spiro atoms. The number of carbonyl (C=O) groups is 1. The fourth-order valence-corrected chi connectivity index (χ4v) is 6.13. The Balaban J connectivity index is 1.91. The highest BCUT2D eigenvalue weighted by molar-refractivity contribution is 7.87. The van der Waals surface area contributed by atoms with Crippen molar-refractivity contribution in [3.63, 3.8) is 0 Å². The van der Waals surface area contributed by atoms with Gasteiger partial charge in [-0.15, -0.1) is 12.6 Å². The zero-order chi connectivity index (χ0) is 25.3. The Labute approximate surface area is 210 Å². The maximum absolute atomic E-state index is 13.6. The van der Waals surface area contributed by atoms with Crippen molar-refractivity contribution in [1.82, 2.24) is 4.57 Å². The molecule has 1 aromatic heterocycles. The minimum atomic E-state index is -4.43. The number of rotatable bonds is 8. The topological polar surface area (TPSA) is 126 Å². The van der Waals surface area contributed by atoms with Gasteiger partial charge in [0, 0.05) is 21.7 Å². The Morgan fingerprint density at radius 3 is 2.34 bits per heavy atom. The molecule has 4 aromatic rings. The maximum Gasteiger partial charge on any atom is 0.341 e. The van der Waals surface area contributed by atoms with Gasteiger partial charge in [-0.25, -0.2) is 0 Å². The number of fused-ring (bicyclic) bond motifs is 1. The van der Waals surface area contributed by atoms with Crippen LogP contribution < -0.4 is 4.18 Å². The van der Waals surface area contributed by atoms with Crippen LogP contribution in [0.4, 0.5) is 0 Å². The van der Waals surface area contributed by atoms with Gasteiger partial charge in [0.15, 0.2) is 0 Å². The van der Waals surface area contributed by atoms with Gasteiger partial charge in [-0.1, -0.05) is 53.5 Å². The van der Waals surface area contributed by atoms with E-state index in [1.54, 1.807) is 42.5 Å². The first-order valence-electron chi connectivity index (χ1n) is 10.3. The van der Waals surface area contributed by atoms with Crippen LogP contribution in [0.25, 0.3) is 22.0 Å². The van der Waals surface area contributed by atoms with E-state index in [2.05, 4.69) is 12.6 Å². The Kier molecular flexibility index (Phi) is 7.04. The summed E-state index contributed by atoms with van der Waals surface area (Å²) >= 11 is 2.24. The van der Waals surface area contributed by atoms with E-state index < -0.39 is 33.7 Å². The molecule has 0 aliphatic heterocycles. The molecule has 1 heterocycles. The van der Waals surface area contributed by atoms with Crippen LogP contribution in [0.2, 0.25) is 0 Å². The number of thiol groups is 1. The number of hydrogen-bond acceptors (Lipinski definition) is 7. The molecule has 0 aliphatic carbocycles. The predicted octanol–water partition coefficient (Wildman–Crippen LogP) is 4.14. The highest BCUT2D eigenvalue weighted by Gasteiger charge is 2.30. The fourth-order valence-electron chi connectivity index (χ4n) is 4.00. The van der Waals surface area contributed by atoms with Gasteiger partial charge < -0.3 is 18.4 Å². The Morgan fingerprint density at radius 1 is 1.06 bits per heavy atom. The van der Waals surface area contributed by atoms with Crippen LogP contribution in [-0.2, 0) is 38.3 Å². The molecule has 0 radical (unpaired) electrons. The summed E-state index contributed by atoms with van der Waals surface area (Å²) < 4.78 is 55.8. The highest BCUT2D eigenvalue weighted by Crippen LogP contribution is 2.40. The third kappa shape index (κ3) is 5.13. The van der Waals surface area contributed by atoms with Gasteiger partial charge in [-0.05, 0) is 47.9 Å². The van der Waals surface area contributed by atoms with Gasteiger partial charge in [0.25, 0.3) is 0 Å². The molecule has 8 nitrogen and oxygen atoms in total. The standard InChI is InChI=1S/C24H21NO7S3/c1-15-24(35(30,31)32-17-11-9-16(10-12-17)14-34(28)29)23-19(18-5-2-3-8-21(18)33)6-4-7-20(23)25(15)13-22(26)27/h2-12,33H,13-14H2,1H3,(H,26,27)(H,28,29)/p-1. The quantitative estimate of drug-likeness (QED) is 0.199. The third-order valence-corrected chi connectivity index (χ3v) is 7.82. The molecule has 0 saturated carbocycles. The van der Waals surface area contributed by atoms with E-state index in [9.17, 15) is 27.1 Å². The van der Waals surface area contributed by atoms with Crippen molar-refractivity contribution < 1.29 is 31.3 Å². The average molecular weight is 531 g/mol. The molecule has 182 valence electrons. The van der Waals surface area contributed by atoms with E-state index in [1.807, 2.05) is 0 Å². The second kappa shape index (κ2) is 9.86. The van der Waals surface area contributed by atoms with Gasteiger partial charge in [-0.3, -0.25) is 9.00 Å². The maximum atomic E-state index is 13.6. The molecule has 1 N–H and O–H groups in total. The van der Waals surface area contributed by atoms with Crippen LogP contribution in [0.15, 0.2) is 76.5 Å². The first-order valence-corrected chi connectivity index (χ1v) is 13.4. The molecule has 3 aromatic carbocycles. The zero-order valence-electron chi connectivity index (χ0n) is 18.4. The van der Waals surface area contributed by atoms with Crippen molar-refractivity contribution >= 4 is 50.7 Å². The van der Waals surface area contributed by atoms with E-state index in [0.717, 1.165) is 0 Å². The number of benzene rings is 3. The summed E-state index contributed by atoms with van der Waals surface area (Å²) in [6.07, 6.45) is 0. The summed E-state index contributed by atoms with van der Waals surface area (Å²) in [6.45, 7) is 1.09. The molecule has 1 unspecified atom stereocenters. The minimum Gasteiger partial charge on any atom is -0.772 e. The normalized spacial score (nSPS) is 12.5. The van der Waals surface area contributed by atoms with Crippen molar-refractivity contribution in [3.8, 4) is 16.9 Å². The van der Waals surface area contributed by atoms with Gasteiger partial charge in [0.2, 0.25) is 0 Å². The Morgan fingerprint density at radius 2 is 1.71 bits per heavy atom. The largest absolute Gasteiger partial charge is 0.772 e. The van der Waals surface area contributed by atoms with E-state index in [-0.39, 0.29) is 22.1 Å². The summed E-state index contributed by atoms with van der Waals surface area (Å²) in [5.41, 5.74) is 2.36. The predicted molar refractivity (Wildman–Crippen MR) is 134 cm³/mol. The first kappa shape index (κ1) is 25.0. The summed E-state index contributed by atoms with van der Waals surface area (Å²) in [6, 6.07) is 18.0. The van der Waals surface area contributed by atoms with Crippen LogP contribution in [0.5, 0.6) is 5.75 Å². The van der Waals surface area contributed by atoms with Crippen LogP contribution in [0, 0.1) is 6.92 Å². The van der Waals surface area contributed by atoms with Gasteiger partial charge in [-0.2, -0.15) is 8.42 Å². The van der Waals surface area contributed by atoms with E-state index in [0.29, 0.717) is 32.5 Å². The summed E-state index contributed by atoms with van der Waals surface area (Å²) in [4.78, 5) is 12.1. The Hall–Kier alpha value is -3.12. The number of nitrogens with zero attached hydrogens (tertiary/aromatic N) is 1. The van der Waals surface area contributed by atoms with Crippen molar-refractivity contribution in [2.24, 2.45) is 0 Å². The molecule has 0 amide bonds. The number of aromatic nitrogens is 1. The number of carboxylic acids is 1. The van der Waals surface area contributed by atoms with Gasteiger partial charge in [0.1, 0.15) is 17.2 Å². The van der Waals surface area contributed by atoms with Crippen molar-refractivity contribution in [2.75, 3.05) is 0 Å². The fraction of sp³-hybridized carbons (Fsp3) is 0.125. The molecule has 35 heavy (non-hydrogen) atoms. The molecule has 0 fully saturated rings. The lowest BCUT2D eigenvalue weighted by atomic mass is 10.0. The van der Waals surface area contributed by atoms with Crippen LogP contribution >= 0.6 is 12.6 Å². The number of aliphatic carboxylic acids is 1. The average Bonchev–Trinajstić information content (AvgIpc) is 3.07. The highest BCUT2D eigenvalue weighted by atomic mass is 32.2. The second-order valence-corrected chi connectivity index (χ2v) is 10.6. The van der Waals surface area contributed by atoms with Crippen molar-refractivity contribution in [1.29, 1.82) is 0 Å². The molecule has 11 heteroatoms. The van der Waals surface area contributed by atoms with Crippen LogP contribution in [0.3, 0.4) is 0 Å². The van der Waals surface area contributed by atoms with Crippen molar-refractivity contribution in [3.05, 3.63) is 78.0 Å². The smallest absolute Gasteiger partial charge is 0.341 e. The lowest BCUT2D eigenvalue weighted by Crippen LogP contribution is -2.13. The molecule has 0 bridgehead atoms. The molecule has 4 rings (SSSR count). The molecule has 1 atom stereocenters. The number of hydrogen-bond donors (Lipinski definition) is 2. The van der Waals surface area contributed by atoms with E-state index >= 15 is 0 Å². The zero-order valence-corrected chi connectivity index (χ0v) is 20.9. The second-order valence-electron chi connectivity index (χ2n) is 7.74. The minimum absolute atomic E-state index is 0.00366. The monoisotopic (exact) mass is 530 g/mol. The molecule has 0 aliphatic rings. The van der Waals surface area contributed by atoms with Crippen LogP contribution in [0.1, 0.15) is 11.3 Å². The van der Waals surface area contributed by atoms with Gasteiger partial charge in [0.05, 0.1) is 5.52 Å². The van der Waals surface area contributed by atoms with Crippen molar-refractivity contribution in [2.45, 2.75) is 29.0 Å². The summed E-state index contributed by atoms with van der Waals surface area (Å²) in [5.74, 6) is -1.33. The third-order valence-electron chi connectivity index (χ3n) is 5.45. The van der Waals surface area contributed by atoms with E-state index in [4.69, 9.17) is 4.18 Å². The molecule has 0 saturated heterocycles. The lowest BCUT2D eigenvalue weighted by Gasteiger charge is -2.11. The SMILES string of the molecule is Cc1c(S(=O)(=O)Oc2ccc(CS(=O)[O-])cc2)c2c(-c3ccccc3S)cccc2n1CC(=O)O. The number of carboxylic acid groups (broad SMARTS) is 1. The first-order chi connectivity index (χ1) is 16.6. The molecular formula is C24H20NO7S3-. The molecular weight excluding hydrogens is 510 g/mol. The summed E-state index contributed by atoms with van der Waals surface area (Å²) in [7, 11) is -4.43. The van der Waals surface area contributed by atoms with E-state index in [1.165, 1.54) is 35.8 Å². The van der Waals surface area contributed by atoms with Gasteiger partial charge >= 0.3 is 16.1 Å². The summed E-state index contributed by atoms with van der Waals surface area (Å²) in [5, 5.41) is 9.78. The van der Waals surface area contributed by atoms with Crippen LogP contribution in [-0.4, -0.2) is 32.8 Å².